The molecule has 0 unspecified atom stereocenters. The molecule has 0 radical (unpaired) electrons. The molecule has 1 aromatic heterocycles. The lowest BCUT2D eigenvalue weighted by Crippen LogP contribution is -2.33. The average Bonchev–Trinajstić information content (AvgIpc) is 2.64. The van der Waals surface area contributed by atoms with E-state index < -0.39 is 0 Å². The normalized spacial score (nSPS) is 31.6. The number of nitrogens with zero attached hydrogens (tertiary/aromatic N) is 2. The fourth-order valence-corrected chi connectivity index (χ4v) is 3.81. The Morgan fingerprint density at radius 1 is 1.33 bits per heavy atom. The Balaban J connectivity index is 1.95. The second-order valence-electron chi connectivity index (χ2n) is 5.34. The third kappa shape index (κ3) is 1.94. The van der Waals surface area contributed by atoms with Crippen LogP contribution in [-0.4, -0.2) is 28.9 Å². The minimum atomic E-state index is -0.00250. The predicted octanol–water partition coefficient (Wildman–Crippen LogP) is 2.80. The maximum atomic E-state index is 12.4. The first kappa shape index (κ1) is 12.4. The summed E-state index contributed by atoms with van der Waals surface area (Å²) < 4.78 is 1.12. The van der Waals surface area contributed by atoms with Gasteiger partial charge in [0.1, 0.15) is 0 Å². The van der Waals surface area contributed by atoms with Gasteiger partial charge >= 0.3 is 0 Å². The van der Waals surface area contributed by atoms with Gasteiger partial charge in [-0.25, -0.2) is 0 Å². The second-order valence-corrected chi connectivity index (χ2v) is 6.59. The monoisotopic (exact) mass is 356 g/mol. The zero-order chi connectivity index (χ0) is 12.7. The van der Waals surface area contributed by atoms with Crippen LogP contribution in [0.25, 0.3) is 0 Å². The van der Waals surface area contributed by atoms with Gasteiger partial charge in [-0.15, -0.1) is 0 Å². The molecule has 1 saturated heterocycles. The number of fused-ring (bicyclic) bond motifs is 1. The van der Waals surface area contributed by atoms with E-state index in [4.69, 9.17) is 0 Å². The van der Waals surface area contributed by atoms with Gasteiger partial charge in [0.2, 0.25) is 5.91 Å². The summed E-state index contributed by atoms with van der Waals surface area (Å²) in [5.41, 5.74) is 0.960. The van der Waals surface area contributed by atoms with E-state index in [1.807, 2.05) is 30.3 Å². The molecule has 4 heteroatoms. The van der Waals surface area contributed by atoms with Crippen LogP contribution >= 0.6 is 22.6 Å². The van der Waals surface area contributed by atoms with Crippen LogP contribution in [0.2, 0.25) is 0 Å². The summed E-state index contributed by atoms with van der Waals surface area (Å²) in [6.45, 7) is 0. The lowest BCUT2D eigenvalue weighted by atomic mass is 9.78. The summed E-state index contributed by atoms with van der Waals surface area (Å²) in [4.78, 5) is 18.9. The van der Waals surface area contributed by atoms with Crippen molar-refractivity contribution in [3.8, 4) is 0 Å². The lowest BCUT2D eigenvalue weighted by molar-refractivity contribution is -0.128. The molecule has 0 aromatic carbocycles. The molecular weight excluding hydrogens is 339 g/mol. The van der Waals surface area contributed by atoms with E-state index in [1.165, 1.54) is 19.3 Å². The number of hydrogen-bond acceptors (Lipinski definition) is 2. The van der Waals surface area contributed by atoms with E-state index in [9.17, 15) is 4.79 Å². The van der Waals surface area contributed by atoms with Gasteiger partial charge in [-0.05, 0) is 53.5 Å². The second kappa shape index (κ2) is 4.79. The van der Waals surface area contributed by atoms with Crippen LogP contribution in [0.1, 0.15) is 37.3 Å². The number of amides is 1. The first-order valence-corrected chi connectivity index (χ1v) is 7.64. The van der Waals surface area contributed by atoms with Crippen molar-refractivity contribution in [1.29, 1.82) is 0 Å². The Morgan fingerprint density at radius 3 is 2.83 bits per heavy atom. The van der Waals surface area contributed by atoms with Crippen LogP contribution in [0, 0.1) is 9.49 Å². The number of carbonyl (C=O) groups is 1. The smallest absolute Gasteiger partial charge is 0.232 e. The van der Waals surface area contributed by atoms with Gasteiger partial charge < -0.3 is 4.90 Å². The molecule has 1 amide bonds. The number of pyridine rings is 1. The van der Waals surface area contributed by atoms with E-state index in [2.05, 4.69) is 27.6 Å². The van der Waals surface area contributed by atoms with Gasteiger partial charge in [0.25, 0.3) is 0 Å². The zero-order valence-electron chi connectivity index (χ0n) is 10.5. The van der Waals surface area contributed by atoms with Crippen molar-refractivity contribution in [3.05, 3.63) is 27.6 Å². The Labute approximate surface area is 121 Å². The fraction of sp³-hybridized carbons (Fsp3) is 0.571. The van der Waals surface area contributed by atoms with Crippen LogP contribution in [0.15, 0.2) is 18.3 Å². The van der Waals surface area contributed by atoms with Crippen LogP contribution in [0.4, 0.5) is 0 Å². The van der Waals surface area contributed by atoms with E-state index in [1.54, 1.807) is 0 Å². The third-order valence-corrected chi connectivity index (χ3v) is 5.03. The topological polar surface area (TPSA) is 33.2 Å². The maximum Gasteiger partial charge on any atom is 0.232 e. The van der Waals surface area contributed by atoms with Crippen molar-refractivity contribution in [2.24, 2.45) is 5.92 Å². The number of likely N-dealkylation sites (N-methyl/N-ethyl adjacent to an activating group) is 1. The van der Waals surface area contributed by atoms with Gasteiger partial charge in [0.15, 0.2) is 0 Å². The van der Waals surface area contributed by atoms with Crippen molar-refractivity contribution < 1.29 is 4.79 Å². The summed E-state index contributed by atoms with van der Waals surface area (Å²) in [5.74, 6) is 0.738. The molecule has 2 aliphatic rings. The quantitative estimate of drug-likeness (QED) is 0.725. The molecule has 3 nitrogen and oxygen atoms in total. The molecule has 3 rings (SSSR count). The molecule has 18 heavy (non-hydrogen) atoms. The number of hydrogen-bond donors (Lipinski definition) is 0. The van der Waals surface area contributed by atoms with Gasteiger partial charge in [-0.1, -0.05) is 12.8 Å². The van der Waals surface area contributed by atoms with Crippen molar-refractivity contribution in [1.82, 2.24) is 9.88 Å². The Kier molecular flexibility index (Phi) is 3.30. The van der Waals surface area contributed by atoms with Gasteiger partial charge in [-0.3, -0.25) is 9.78 Å². The minimum absolute atomic E-state index is 0.00250. The molecule has 1 aromatic rings. The highest BCUT2D eigenvalue weighted by Gasteiger charge is 2.48. The minimum Gasteiger partial charge on any atom is -0.342 e. The maximum absolute atomic E-state index is 12.4. The first-order chi connectivity index (χ1) is 8.68. The summed E-state index contributed by atoms with van der Waals surface area (Å²) in [6.07, 6.45) is 6.70. The largest absolute Gasteiger partial charge is 0.342 e. The predicted molar refractivity (Wildman–Crippen MR) is 78.2 cm³/mol. The molecule has 96 valence electrons. The first-order valence-electron chi connectivity index (χ1n) is 6.56. The highest BCUT2D eigenvalue weighted by molar-refractivity contribution is 14.1. The number of aromatic nitrogens is 1. The molecule has 2 fully saturated rings. The van der Waals surface area contributed by atoms with Crippen molar-refractivity contribution in [3.63, 3.8) is 0 Å². The van der Waals surface area contributed by atoms with Gasteiger partial charge in [0.05, 0.1) is 11.6 Å². The molecule has 0 N–H and O–H groups in total. The van der Waals surface area contributed by atoms with Crippen molar-refractivity contribution >= 4 is 28.5 Å². The summed E-state index contributed by atoms with van der Waals surface area (Å²) >= 11 is 2.25. The lowest BCUT2D eigenvalue weighted by Gasteiger charge is -2.29. The van der Waals surface area contributed by atoms with Crippen LogP contribution in [0.5, 0.6) is 0 Å². The number of carbonyl (C=O) groups excluding carboxylic acids is 1. The third-order valence-electron chi connectivity index (χ3n) is 4.39. The number of halogens is 1. The average molecular weight is 356 g/mol. The highest BCUT2D eigenvalue weighted by atomic mass is 127. The summed E-state index contributed by atoms with van der Waals surface area (Å²) in [7, 11) is 1.96. The standard InChI is InChI=1S/C14H17IN2O/c1-17-12-5-3-2-4-10(12)13(14(17)18)11-7-6-9(15)8-16-11/h6-8,10,12-13H,2-5H2,1H3/t10-,12+,13-/m1/s1. The Hall–Kier alpha value is -0.650. The van der Waals surface area contributed by atoms with Gasteiger partial charge in [0, 0.05) is 22.9 Å². The number of rotatable bonds is 1. The highest BCUT2D eigenvalue weighted by Crippen LogP contribution is 2.44. The van der Waals surface area contributed by atoms with E-state index in [0.717, 1.165) is 15.7 Å². The summed E-state index contributed by atoms with van der Waals surface area (Å²) in [5, 5.41) is 0. The molecule has 1 aliphatic carbocycles. The SMILES string of the molecule is CN1C(=O)[C@@H](c2ccc(I)cn2)[C@@H]2CCCC[C@@H]21. The van der Waals surface area contributed by atoms with Crippen LogP contribution in [-0.2, 0) is 4.79 Å². The molecule has 2 heterocycles. The van der Waals surface area contributed by atoms with E-state index in [-0.39, 0.29) is 11.8 Å². The number of likely N-dealkylation sites (tertiary alicyclic amines) is 1. The fourth-order valence-electron chi connectivity index (χ4n) is 3.49. The molecular formula is C14H17IN2O. The Bertz CT molecular complexity index is 459. The Morgan fingerprint density at radius 2 is 2.11 bits per heavy atom. The van der Waals surface area contributed by atoms with Crippen molar-refractivity contribution in [2.75, 3.05) is 7.05 Å². The zero-order valence-corrected chi connectivity index (χ0v) is 12.6. The molecule has 1 saturated carbocycles. The summed E-state index contributed by atoms with van der Waals surface area (Å²) in [6, 6.07) is 4.51. The van der Waals surface area contributed by atoms with Gasteiger partial charge in [-0.2, -0.15) is 0 Å². The van der Waals surface area contributed by atoms with Crippen LogP contribution < -0.4 is 0 Å². The van der Waals surface area contributed by atoms with Crippen molar-refractivity contribution in [2.45, 2.75) is 37.6 Å². The van der Waals surface area contributed by atoms with E-state index in [0.29, 0.717) is 12.0 Å². The van der Waals surface area contributed by atoms with E-state index >= 15 is 0 Å². The van der Waals surface area contributed by atoms with Crippen LogP contribution in [0.3, 0.4) is 0 Å². The molecule has 0 spiro atoms. The molecule has 0 bridgehead atoms. The molecule has 1 aliphatic heterocycles. The molecule has 3 atom stereocenters.